The molecule has 1 atom stereocenters. The second kappa shape index (κ2) is 7.85. The first-order valence-corrected chi connectivity index (χ1v) is 7.81. The average molecular weight is 321 g/mol. The molecule has 2 rings (SSSR count). The van der Waals surface area contributed by atoms with Crippen molar-refractivity contribution in [2.24, 2.45) is 0 Å². The fraction of sp³-hybridized carbons (Fsp3) is 0.529. The van der Waals surface area contributed by atoms with Crippen LogP contribution in [0, 0.1) is 0 Å². The van der Waals surface area contributed by atoms with Crippen LogP contribution in [0.5, 0.6) is 11.5 Å². The zero-order chi connectivity index (χ0) is 16.8. The van der Waals surface area contributed by atoms with E-state index in [1.54, 1.807) is 30.2 Å². The number of carboxylic acid groups (broad SMARTS) is 1. The quantitative estimate of drug-likeness (QED) is 0.871. The fourth-order valence-corrected chi connectivity index (χ4v) is 2.99. The first kappa shape index (κ1) is 17.1. The summed E-state index contributed by atoms with van der Waals surface area (Å²) in [6, 6.07) is 5.08. The van der Waals surface area contributed by atoms with Crippen molar-refractivity contribution in [2.45, 2.75) is 38.1 Å². The van der Waals surface area contributed by atoms with Crippen molar-refractivity contribution in [2.75, 3.05) is 20.8 Å². The molecule has 6 nitrogen and oxygen atoms in total. The highest BCUT2D eigenvalue weighted by atomic mass is 16.5. The van der Waals surface area contributed by atoms with Gasteiger partial charge in [-0.25, -0.2) is 0 Å². The van der Waals surface area contributed by atoms with E-state index >= 15 is 0 Å². The molecule has 1 aliphatic rings. The van der Waals surface area contributed by atoms with Crippen LogP contribution in [0.4, 0.5) is 0 Å². The van der Waals surface area contributed by atoms with E-state index in [9.17, 15) is 9.59 Å². The molecule has 1 fully saturated rings. The van der Waals surface area contributed by atoms with Gasteiger partial charge in [0.15, 0.2) is 11.5 Å². The van der Waals surface area contributed by atoms with Crippen molar-refractivity contribution in [3.05, 3.63) is 23.8 Å². The Hall–Kier alpha value is -2.24. The lowest BCUT2D eigenvalue weighted by atomic mass is 9.97. The second-order valence-corrected chi connectivity index (χ2v) is 5.65. The molecule has 0 aromatic heterocycles. The van der Waals surface area contributed by atoms with Gasteiger partial charge in [-0.1, -0.05) is 0 Å². The summed E-state index contributed by atoms with van der Waals surface area (Å²) < 4.78 is 10.4. The minimum atomic E-state index is -0.825. The molecule has 0 spiro atoms. The van der Waals surface area contributed by atoms with Gasteiger partial charge < -0.3 is 19.5 Å². The van der Waals surface area contributed by atoms with Crippen LogP contribution in [0.1, 0.15) is 42.5 Å². The SMILES string of the molecule is COc1ccc(C(=O)N2CCCCC2CCC(=O)O)cc1OC. The van der Waals surface area contributed by atoms with Crippen LogP contribution in [0.2, 0.25) is 0 Å². The summed E-state index contributed by atoms with van der Waals surface area (Å²) in [4.78, 5) is 25.4. The Labute approximate surface area is 136 Å². The molecule has 1 saturated heterocycles. The van der Waals surface area contributed by atoms with Gasteiger partial charge in [0.05, 0.1) is 14.2 Å². The summed E-state index contributed by atoms with van der Waals surface area (Å²) >= 11 is 0. The topological polar surface area (TPSA) is 76.1 Å². The summed E-state index contributed by atoms with van der Waals surface area (Å²) in [6.45, 7) is 0.664. The molecule has 0 radical (unpaired) electrons. The first-order valence-electron chi connectivity index (χ1n) is 7.81. The summed E-state index contributed by atoms with van der Waals surface area (Å²) in [5, 5.41) is 8.88. The van der Waals surface area contributed by atoms with Crippen LogP contribution in [-0.2, 0) is 4.79 Å². The number of rotatable bonds is 6. The molecule has 1 heterocycles. The molecule has 126 valence electrons. The van der Waals surface area contributed by atoms with Crippen molar-refractivity contribution in [3.63, 3.8) is 0 Å². The van der Waals surface area contributed by atoms with Gasteiger partial charge >= 0.3 is 5.97 Å². The zero-order valence-corrected chi connectivity index (χ0v) is 13.6. The molecule has 1 aliphatic heterocycles. The number of aliphatic carboxylic acids is 1. The summed E-state index contributed by atoms with van der Waals surface area (Å²) in [5.74, 6) is 0.178. The molecule has 6 heteroatoms. The predicted molar refractivity (Wildman–Crippen MR) is 85.1 cm³/mol. The van der Waals surface area contributed by atoms with Crippen LogP contribution in [0.25, 0.3) is 0 Å². The number of piperidine rings is 1. The Kier molecular flexibility index (Phi) is 5.84. The normalized spacial score (nSPS) is 17.7. The number of benzene rings is 1. The second-order valence-electron chi connectivity index (χ2n) is 5.65. The Balaban J connectivity index is 2.17. The third-order valence-corrected chi connectivity index (χ3v) is 4.21. The minimum absolute atomic E-state index is 0.0135. The molecular weight excluding hydrogens is 298 g/mol. The number of amides is 1. The Morgan fingerprint density at radius 3 is 2.61 bits per heavy atom. The highest BCUT2D eigenvalue weighted by Crippen LogP contribution is 2.29. The summed E-state index contributed by atoms with van der Waals surface area (Å²) in [7, 11) is 3.08. The lowest BCUT2D eigenvalue weighted by molar-refractivity contribution is -0.137. The average Bonchev–Trinajstić information content (AvgIpc) is 2.58. The fourth-order valence-electron chi connectivity index (χ4n) is 2.99. The van der Waals surface area contributed by atoms with E-state index in [-0.39, 0.29) is 18.4 Å². The van der Waals surface area contributed by atoms with Crippen molar-refractivity contribution in [1.29, 1.82) is 0 Å². The molecule has 0 aliphatic carbocycles. The van der Waals surface area contributed by atoms with Crippen molar-refractivity contribution >= 4 is 11.9 Å². The van der Waals surface area contributed by atoms with Gasteiger partial charge in [-0.05, 0) is 43.9 Å². The molecular formula is C17H23NO5. The van der Waals surface area contributed by atoms with Gasteiger partial charge in [-0.2, -0.15) is 0 Å². The van der Waals surface area contributed by atoms with E-state index < -0.39 is 5.97 Å². The molecule has 1 amide bonds. The zero-order valence-electron chi connectivity index (χ0n) is 13.6. The van der Waals surface area contributed by atoms with Crippen LogP contribution >= 0.6 is 0 Å². The van der Waals surface area contributed by atoms with Gasteiger partial charge in [-0.15, -0.1) is 0 Å². The largest absolute Gasteiger partial charge is 0.493 e. The Morgan fingerprint density at radius 2 is 1.96 bits per heavy atom. The van der Waals surface area contributed by atoms with Crippen LogP contribution in [-0.4, -0.2) is 48.7 Å². The van der Waals surface area contributed by atoms with Crippen molar-refractivity contribution in [3.8, 4) is 11.5 Å². The molecule has 0 bridgehead atoms. The van der Waals surface area contributed by atoms with E-state index in [1.165, 1.54) is 7.11 Å². The maximum Gasteiger partial charge on any atom is 0.303 e. The van der Waals surface area contributed by atoms with E-state index in [4.69, 9.17) is 14.6 Å². The third kappa shape index (κ3) is 4.15. The maximum absolute atomic E-state index is 12.8. The molecule has 1 aromatic carbocycles. The van der Waals surface area contributed by atoms with E-state index in [1.807, 2.05) is 0 Å². The van der Waals surface area contributed by atoms with Crippen LogP contribution in [0.15, 0.2) is 18.2 Å². The number of methoxy groups -OCH3 is 2. The van der Waals surface area contributed by atoms with Gasteiger partial charge in [0.1, 0.15) is 0 Å². The molecule has 23 heavy (non-hydrogen) atoms. The molecule has 1 N–H and O–H groups in total. The Bertz CT molecular complexity index is 572. The number of nitrogens with zero attached hydrogens (tertiary/aromatic N) is 1. The van der Waals surface area contributed by atoms with E-state index in [2.05, 4.69) is 0 Å². The van der Waals surface area contributed by atoms with Gasteiger partial charge in [0, 0.05) is 24.6 Å². The highest BCUT2D eigenvalue weighted by molar-refractivity contribution is 5.95. The lowest BCUT2D eigenvalue weighted by Gasteiger charge is -2.35. The molecule has 1 unspecified atom stereocenters. The van der Waals surface area contributed by atoms with Gasteiger partial charge in [0.25, 0.3) is 5.91 Å². The summed E-state index contributed by atoms with van der Waals surface area (Å²) in [5.41, 5.74) is 0.532. The van der Waals surface area contributed by atoms with Crippen LogP contribution in [0.3, 0.4) is 0 Å². The van der Waals surface area contributed by atoms with Crippen LogP contribution < -0.4 is 9.47 Å². The third-order valence-electron chi connectivity index (χ3n) is 4.21. The predicted octanol–water partition coefficient (Wildman–Crippen LogP) is 2.56. The monoisotopic (exact) mass is 321 g/mol. The number of carbonyl (C=O) groups excluding carboxylic acids is 1. The van der Waals surface area contributed by atoms with E-state index in [0.717, 1.165) is 19.3 Å². The first-order chi connectivity index (χ1) is 11.1. The van der Waals surface area contributed by atoms with Gasteiger partial charge in [0.2, 0.25) is 0 Å². The summed E-state index contributed by atoms with van der Waals surface area (Å²) in [6.07, 6.45) is 3.41. The number of ether oxygens (including phenoxy) is 2. The number of hydrogen-bond acceptors (Lipinski definition) is 4. The maximum atomic E-state index is 12.8. The number of hydrogen-bond donors (Lipinski definition) is 1. The van der Waals surface area contributed by atoms with Gasteiger partial charge in [-0.3, -0.25) is 9.59 Å². The Morgan fingerprint density at radius 1 is 1.22 bits per heavy atom. The van der Waals surface area contributed by atoms with Crippen molar-refractivity contribution in [1.82, 2.24) is 4.90 Å². The number of carboxylic acids is 1. The van der Waals surface area contributed by atoms with Crippen molar-refractivity contribution < 1.29 is 24.2 Å². The standard InChI is InChI=1S/C17H23NO5/c1-22-14-8-6-12(11-15(14)23-2)17(21)18-10-4-3-5-13(18)7-9-16(19)20/h6,8,11,13H,3-5,7,9-10H2,1-2H3,(H,19,20). The lowest BCUT2D eigenvalue weighted by Crippen LogP contribution is -2.44. The highest BCUT2D eigenvalue weighted by Gasteiger charge is 2.28. The number of likely N-dealkylation sites (tertiary alicyclic amines) is 1. The smallest absolute Gasteiger partial charge is 0.303 e. The van der Waals surface area contributed by atoms with E-state index in [0.29, 0.717) is 30.0 Å². The number of carbonyl (C=O) groups is 2. The molecule has 0 saturated carbocycles. The minimum Gasteiger partial charge on any atom is -0.493 e. The molecule has 1 aromatic rings.